The van der Waals surface area contributed by atoms with Crippen LogP contribution in [-0.2, 0) is 6.54 Å². The first kappa shape index (κ1) is 19.0. The second kappa shape index (κ2) is 7.59. The van der Waals surface area contributed by atoms with Gasteiger partial charge in [-0.05, 0) is 50.6 Å². The van der Waals surface area contributed by atoms with Crippen LogP contribution in [0.4, 0.5) is 0 Å². The van der Waals surface area contributed by atoms with Crippen LogP contribution < -0.4 is 9.47 Å². The van der Waals surface area contributed by atoms with Crippen molar-refractivity contribution in [2.75, 3.05) is 13.7 Å². The van der Waals surface area contributed by atoms with Crippen LogP contribution in [0.25, 0.3) is 6.08 Å². The number of nitrogens with zero attached hydrogens (tertiary/aromatic N) is 2. The fourth-order valence-electron chi connectivity index (χ4n) is 3.55. The number of hydrogen-bond donors (Lipinski definition) is 0. The van der Waals surface area contributed by atoms with Gasteiger partial charge in [-0.2, -0.15) is 5.10 Å². The van der Waals surface area contributed by atoms with Crippen LogP contribution in [0, 0.1) is 20.8 Å². The minimum absolute atomic E-state index is 0.0322. The van der Waals surface area contributed by atoms with Gasteiger partial charge in [0.1, 0.15) is 18.1 Å². The fourth-order valence-corrected chi connectivity index (χ4v) is 3.55. The molecule has 0 saturated carbocycles. The lowest BCUT2D eigenvalue weighted by atomic mass is 9.97. The summed E-state index contributed by atoms with van der Waals surface area (Å²) >= 11 is 0. The van der Waals surface area contributed by atoms with Gasteiger partial charge in [0.2, 0.25) is 0 Å². The minimum atomic E-state index is -0.0322. The summed E-state index contributed by atoms with van der Waals surface area (Å²) in [7, 11) is 1.59. The summed E-state index contributed by atoms with van der Waals surface area (Å²) in [4.78, 5) is 13.0. The largest absolute Gasteiger partial charge is 0.497 e. The highest BCUT2D eigenvalue weighted by molar-refractivity contribution is 6.14. The number of methoxy groups -OCH3 is 1. The molecule has 1 aliphatic heterocycles. The lowest BCUT2D eigenvalue weighted by Gasteiger charge is -2.19. The van der Waals surface area contributed by atoms with Gasteiger partial charge in [0.25, 0.3) is 0 Å². The van der Waals surface area contributed by atoms with Crippen molar-refractivity contribution in [3.05, 3.63) is 81.7 Å². The molecule has 0 amide bonds. The molecule has 0 saturated heterocycles. The Bertz CT molecular complexity index is 1110. The predicted molar refractivity (Wildman–Crippen MR) is 113 cm³/mol. The first-order valence-corrected chi connectivity index (χ1v) is 9.62. The predicted octanol–water partition coefficient (Wildman–Crippen LogP) is 4.52. The van der Waals surface area contributed by atoms with Crippen LogP contribution in [0.1, 0.15) is 38.4 Å². The summed E-state index contributed by atoms with van der Waals surface area (Å²) in [5.74, 6) is 1.20. The molecule has 5 nitrogen and oxygen atoms in total. The molecule has 148 valence electrons. The number of ketones is 1. The van der Waals surface area contributed by atoms with E-state index in [0.717, 1.165) is 17.0 Å². The SMILES string of the molecule is COc1ccc2c(c1)C(=O)/C(=C\c1c(C)nn(Cc3ccc(C)cc3)c1C)CO2. The summed E-state index contributed by atoms with van der Waals surface area (Å²) in [6.07, 6.45) is 1.91. The Morgan fingerprint density at radius 1 is 1.14 bits per heavy atom. The van der Waals surface area contributed by atoms with Crippen molar-refractivity contribution >= 4 is 11.9 Å². The number of aromatic nitrogens is 2. The third-order valence-corrected chi connectivity index (χ3v) is 5.32. The average molecular weight is 388 g/mol. The first-order valence-electron chi connectivity index (χ1n) is 9.62. The lowest BCUT2D eigenvalue weighted by Crippen LogP contribution is -2.19. The highest BCUT2D eigenvalue weighted by Crippen LogP contribution is 2.31. The van der Waals surface area contributed by atoms with Crippen LogP contribution in [0.3, 0.4) is 0 Å². The maximum atomic E-state index is 13.0. The number of benzene rings is 2. The van der Waals surface area contributed by atoms with Crippen molar-refractivity contribution in [2.45, 2.75) is 27.3 Å². The highest BCUT2D eigenvalue weighted by atomic mass is 16.5. The molecule has 0 radical (unpaired) electrons. The molecule has 1 aromatic heterocycles. The Labute approximate surface area is 170 Å². The number of aryl methyl sites for hydroxylation is 2. The number of carbonyl (C=O) groups is 1. The topological polar surface area (TPSA) is 53.3 Å². The number of Topliss-reactive ketones (excluding diaryl/α,β-unsaturated/α-hetero) is 1. The van der Waals surface area contributed by atoms with Crippen molar-refractivity contribution in [1.29, 1.82) is 0 Å². The molecule has 2 heterocycles. The van der Waals surface area contributed by atoms with Crippen LogP contribution >= 0.6 is 0 Å². The van der Waals surface area contributed by atoms with Gasteiger partial charge in [-0.3, -0.25) is 9.48 Å². The highest BCUT2D eigenvalue weighted by Gasteiger charge is 2.25. The molecule has 0 unspecified atom stereocenters. The maximum Gasteiger partial charge on any atom is 0.196 e. The van der Waals surface area contributed by atoms with E-state index in [0.29, 0.717) is 29.2 Å². The molecule has 0 spiro atoms. The molecule has 0 fully saturated rings. The van der Waals surface area contributed by atoms with Crippen LogP contribution in [-0.4, -0.2) is 29.3 Å². The van der Waals surface area contributed by atoms with E-state index in [1.54, 1.807) is 25.3 Å². The zero-order chi connectivity index (χ0) is 20.5. The van der Waals surface area contributed by atoms with Gasteiger partial charge < -0.3 is 9.47 Å². The Hall–Kier alpha value is -3.34. The first-order chi connectivity index (χ1) is 14.0. The van der Waals surface area contributed by atoms with Gasteiger partial charge in [-0.25, -0.2) is 0 Å². The minimum Gasteiger partial charge on any atom is -0.497 e. The number of ether oxygens (including phenoxy) is 2. The van der Waals surface area contributed by atoms with Crippen LogP contribution in [0.2, 0.25) is 0 Å². The third kappa shape index (κ3) is 3.68. The zero-order valence-electron chi connectivity index (χ0n) is 17.2. The van der Waals surface area contributed by atoms with E-state index in [9.17, 15) is 4.79 Å². The van der Waals surface area contributed by atoms with Crippen molar-refractivity contribution in [2.24, 2.45) is 0 Å². The monoisotopic (exact) mass is 388 g/mol. The third-order valence-electron chi connectivity index (χ3n) is 5.32. The van der Waals surface area contributed by atoms with Crippen molar-refractivity contribution in [3.8, 4) is 11.5 Å². The molecule has 29 heavy (non-hydrogen) atoms. The normalized spacial score (nSPS) is 14.6. The summed E-state index contributed by atoms with van der Waals surface area (Å²) in [6, 6.07) is 13.7. The van der Waals surface area contributed by atoms with Gasteiger partial charge >= 0.3 is 0 Å². The Morgan fingerprint density at radius 2 is 1.90 bits per heavy atom. The van der Waals surface area contributed by atoms with E-state index < -0.39 is 0 Å². The van der Waals surface area contributed by atoms with Crippen molar-refractivity contribution < 1.29 is 14.3 Å². The standard InChI is InChI=1S/C24H24N2O3/c1-15-5-7-18(8-6-15)13-26-17(3)21(16(2)25-26)11-19-14-29-23-10-9-20(28-4)12-22(23)24(19)27/h5-12H,13-14H2,1-4H3/b19-11-. The van der Waals surface area contributed by atoms with Crippen molar-refractivity contribution in [1.82, 2.24) is 9.78 Å². The molecule has 0 N–H and O–H groups in total. The molecule has 5 heteroatoms. The summed E-state index contributed by atoms with van der Waals surface area (Å²) < 4.78 is 13.0. The maximum absolute atomic E-state index is 13.0. The lowest BCUT2D eigenvalue weighted by molar-refractivity contribution is 0.100. The van der Waals surface area contributed by atoms with E-state index in [-0.39, 0.29) is 12.4 Å². The molecule has 2 aromatic carbocycles. The average Bonchev–Trinajstić information content (AvgIpc) is 2.98. The molecular formula is C24H24N2O3. The molecule has 3 aromatic rings. The van der Waals surface area contributed by atoms with E-state index >= 15 is 0 Å². The van der Waals surface area contributed by atoms with Crippen LogP contribution in [0.5, 0.6) is 11.5 Å². The molecule has 0 bridgehead atoms. The van der Waals surface area contributed by atoms with Crippen LogP contribution in [0.15, 0.2) is 48.0 Å². The van der Waals surface area contributed by atoms with Gasteiger partial charge in [0, 0.05) is 16.8 Å². The molecular weight excluding hydrogens is 364 g/mol. The van der Waals surface area contributed by atoms with Gasteiger partial charge in [0.15, 0.2) is 5.78 Å². The van der Waals surface area contributed by atoms with Gasteiger partial charge in [-0.1, -0.05) is 29.8 Å². The van der Waals surface area contributed by atoms with Gasteiger partial charge in [0.05, 0.1) is 24.9 Å². The summed E-state index contributed by atoms with van der Waals surface area (Å²) in [5, 5.41) is 4.69. The Kier molecular flexibility index (Phi) is 4.97. The summed E-state index contributed by atoms with van der Waals surface area (Å²) in [5.41, 5.74) is 6.47. The summed E-state index contributed by atoms with van der Waals surface area (Å²) in [6.45, 7) is 7.02. The number of fused-ring (bicyclic) bond motifs is 1. The number of carbonyl (C=O) groups excluding carboxylic acids is 1. The van der Waals surface area contributed by atoms with Crippen molar-refractivity contribution in [3.63, 3.8) is 0 Å². The van der Waals surface area contributed by atoms with E-state index in [1.807, 2.05) is 24.6 Å². The molecule has 0 aliphatic carbocycles. The van der Waals surface area contributed by atoms with E-state index in [1.165, 1.54) is 11.1 Å². The molecule has 0 atom stereocenters. The van der Waals surface area contributed by atoms with Gasteiger partial charge in [-0.15, -0.1) is 0 Å². The Balaban J connectivity index is 1.65. The molecule has 4 rings (SSSR count). The van der Waals surface area contributed by atoms with E-state index in [4.69, 9.17) is 14.6 Å². The van der Waals surface area contributed by atoms with E-state index in [2.05, 4.69) is 31.2 Å². The fraction of sp³-hybridized carbons (Fsp3) is 0.250. The second-order valence-corrected chi connectivity index (χ2v) is 7.38. The smallest absolute Gasteiger partial charge is 0.196 e. The second-order valence-electron chi connectivity index (χ2n) is 7.38. The zero-order valence-corrected chi connectivity index (χ0v) is 17.2. The Morgan fingerprint density at radius 3 is 2.62 bits per heavy atom. The molecule has 1 aliphatic rings. The number of hydrogen-bond acceptors (Lipinski definition) is 4. The quantitative estimate of drug-likeness (QED) is 0.617. The number of rotatable bonds is 4.